The Hall–Kier alpha value is -0.320. The summed E-state index contributed by atoms with van der Waals surface area (Å²) in [5, 5.41) is 3.23. The van der Waals surface area contributed by atoms with Crippen molar-refractivity contribution in [1.29, 1.82) is 0 Å². The van der Waals surface area contributed by atoms with Crippen molar-refractivity contribution in [2.24, 2.45) is 5.92 Å². The normalized spacial score (nSPS) is 16.5. The maximum Gasteiger partial charge on any atom is 0.236 e. The van der Waals surface area contributed by atoms with E-state index in [9.17, 15) is 4.79 Å². The second-order valence-electron chi connectivity index (χ2n) is 5.99. The van der Waals surface area contributed by atoms with Gasteiger partial charge in [-0.15, -0.1) is 12.4 Å². The van der Waals surface area contributed by atoms with E-state index in [1.165, 1.54) is 19.3 Å². The van der Waals surface area contributed by atoms with Gasteiger partial charge in [0.05, 0.1) is 6.54 Å². The van der Waals surface area contributed by atoms with Crippen LogP contribution >= 0.6 is 12.4 Å². The van der Waals surface area contributed by atoms with E-state index >= 15 is 0 Å². The molecule has 0 aliphatic carbocycles. The van der Waals surface area contributed by atoms with Crippen LogP contribution in [-0.2, 0) is 4.79 Å². The number of carbonyl (C=O) groups excluding carboxylic acids is 1. The van der Waals surface area contributed by atoms with Crippen molar-refractivity contribution in [3.63, 3.8) is 0 Å². The van der Waals surface area contributed by atoms with Crippen LogP contribution < -0.4 is 5.32 Å². The number of nitrogens with zero attached hydrogens (tertiary/aromatic N) is 2. The second kappa shape index (κ2) is 12.2. The van der Waals surface area contributed by atoms with Crippen molar-refractivity contribution >= 4 is 18.3 Å². The molecule has 0 radical (unpaired) electrons. The monoisotopic (exact) mass is 319 g/mol. The number of hydrogen-bond acceptors (Lipinski definition) is 3. The fraction of sp³-hybridized carbons (Fsp3) is 0.938. The fourth-order valence-corrected chi connectivity index (χ4v) is 2.97. The predicted octanol–water partition coefficient (Wildman–Crippen LogP) is 2.38. The summed E-state index contributed by atoms with van der Waals surface area (Å²) in [7, 11) is 2.02. The van der Waals surface area contributed by atoms with Crippen LogP contribution in [0.5, 0.6) is 0 Å². The first-order valence-corrected chi connectivity index (χ1v) is 8.35. The molecule has 4 nitrogen and oxygen atoms in total. The van der Waals surface area contributed by atoms with Crippen molar-refractivity contribution in [1.82, 2.24) is 15.1 Å². The van der Waals surface area contributed by atoms with E-state index in [0.717, 1.165) is 51.5 Å². The molecule has 1 aliphatic heterocycles. The molecule has 0 unspecified atom stereocenters. The number of piperidine rings is 1. The molecule has 1 saturated heterocycles. The van der Waals surface area contributed by atoms with Crippen LogP contribution in [0.15, 0.2) is 0 Å². The summed E-state index contributed by atoms with van der Waals surface area (Å²) in [5.74, 6) is 1.17. The summed E-state index contributed by atoms with van der Waals surface area (Å²) in [6, 6.07) is 0. The van der Waals surface area contributed by atoms with E-state index in [1.54, 1.807) is 0 Å². The highest BCUT2D eigenvalue weighted by molar-refractivity contribution is 5.85. The SMILES string of the molecule is CCCN(CCC)C(=O)CN1CCC(CCNC)CC1.Cl. The van der Waals surface area contributed by atoms with E-state index < -0.39 is 0 Å². The van der Waals surface area contributed by atoms with Gasteiger partial charge in [-0.1, -0.05) is 13.8 Å². The molecule has 0 aromatic carbocycles. The third-order valence-corrected chi connectivity index (χ3v) is 4.21. The van der Waals surface area contributed by atoms with Gasteiger partial charge in [0.1, 0.15) is 0 Å². The zero-order chi connectivity index (χ0) is 14.8. The Morgan fingerprint density at radius 3 is 2.24 bits per heavy atom. The molecule has 21 heavy (non-hydrogen) atoms. The van der Waals surface area contributed by atoms with Crippen molar-refractivity contribution in [2.45, 2.75) is 46.0 Å². The first-order chi connectivity index (χ1) is 9.71. The number of rotatable bonds is 9. The van der Waals surface area contributed by atoms with Gasteiger partial charge >= 0.3 is 0 Å². The number of amides is 1. The minimum atomic E-state index is 0. The molecule has 1 amide bonds. The molecule has 1 aliphatic rings. The molecule has 0 aromatic rings. The number of carbonyl (C=O) groups is 1. The lowest BCUT2D eigenvalue weighted by molar-refractivity contribution is -0.132. The summed E-state index contributed by atoms with van der Waals surface area (Å²) in [6.45, 7) is 10.0. The van der Waals surface area contributed by atoms with E-state index in [1.807, 2.05) is 11.9 Å². The lowest BCUT2D eigenvalue weighted by Crippen LogP contribution is -2.44. The highest BCUT2D eigenvalue weighted by Crippen LogP contribution is 2.19. The molecule has 0 aromatic heterocycles. The van der Waals surface area contributed by atoms with Crippen LogP contribution in [0.2, 0.25) is 0 Å². The first kappa shape index (κ1) is 20.7. The minimum absolute atomic E-state index is 0. The molecule has 1 fully saturated rings. The van der Waals surface area contributed by atoms with Gasteiger partial charge in [-0.3, -0.25) is 9.69 Å². The summed E-state index contributed by atoms with van der Waals surface area (Å²) in [6.07, 6.45) is 5.87. The summed E-state index contributed by atoms with van der Waals surface area (Å²) in [4.78, 5) is 16.7. The van der Waals surface area contributed by atoms with Gasteiger partial charge in [-0.05, 0) is 64.7 Å². The van der Waals surface area contributed by atoms with Crippen molar-refractivity contribution in [3.05, 3.63) is 0 Å². The molecule has 126 valence electrons. The molecule has 0 bridgehead atoms. The average Bonchev–Trinajstić information content (AvgIpc) is 2.46. The lowest BCUT2D eigenvalue weighted by Gasteiger charge is -2.33. The Morgan fingerprint density at radius 2 is 1.76 bits per heavy atom. The highest BCUT2D eigenvalue weighted by atomic mass is 35.5. The maximum atomic E-state index is 12.3. The van der Waals surface area contributed by atoms with Gasteiger partial charge in [0.2, 0.25) is 5.91 Å². The van der Waals surface area contributed by atoms with E-state index in [0.29, 0.717) is 12.5 Å². The quantitative estimate of drug-likeness (QED) is 0.709. The van der Waals surface area contributed by atoms with Crippen LogP contribution in [0.25, 0.3) is 0 Å². The Morgan fingerprint density at radius 1 is 1.19 bits per heavy atom. The largest absolute Gasteiger partial charge is 0.342 e. The lowest BCUT2D eigenvalue weighted by atomic mass is 9.93. The summed E-state index contributed by atoms with van der Waals surface area (Å²) < 4.78 is 0. The molecule has 1 rings (SSSR count). The van der Waals surface area contributed by atoms with Gasteiger partial charge in [0, 0.05) is 13.1 Å². The van der Waals surface area contributed by atoms with Gasteiger partial charge in [0.25, 0.3) is 0 Å². The third kappa shape index (κ3) is 8.03. The number of nitrogens with one attached hydrogen (secondary N) is 1. The molecular weight excluding hydrogens is 286 g/mol. The van der Waals surface area contributed by atoms with E-state index in [2.05, 4.69) is 24.1 Å². The van der Waals surface area contributed by atoms with Crippen LogP contribution in [0.3, 0.4) is 0 Å². The van der Waals surface area contributed by atoms with Gasteiger partial charge < -0.3 is 10.2 Å². The molecule has 0 saturated carbocycles. The molecule has 0 spiro atoms. The molecule has 0 atom stereocenters. The zero-order valence-electron chi connectivity index (χ0n) is 14.1. The minimum Gasteiger partial charge on any atom is -0.342 e. The first-order valence-electron chi connectivity index (χ1n) is 8.35. The molecule has 1 N–H and O–H groups in total. The van der Waals surface area contributed by atoms with Crippen molar-refractivity contribution < 1.29 is 4.79 Å². The van der Waals surface area contributed by atoms with Crippen LogP contribution in [0, 0.1) is 5.92 Å². The van der Waals surface area contributed by atoms with Gasteiger partial charge in [-0.2, -0.15) is 0 Å². The third-order valence-electron chi connectivity index (χ3n) is 4.21. The van der Waals surface area contributed by atoms with E-state index in [4.69, 9.17) is 0 Å². The Kier molecular flexibility index (Phi) is 12.1. The zero-order valence-corrected chi connectivity index (χ0v) is 14.9. The Balaban J connectivity index is 0.00000400. The number of halogens is 1. The average molecular weight is 320 g/mol. The second-order valence-corrected chi connectivity index (χ2v) is 5.99. The predicted molar refractivity (Wildman–Crippen MR) is 92.1 cm³/mol. The number of likely N-dealkylation sites (tertiary alicyclic amines) is 1. The topological polar surface area (TPSA) is 35.6 Å². The molecular formula is C16H34ClN3O. The van der Waals surface area contributed by atoms with Gasteiger partial charge in [0.15, 0.2) is 0 Å². The van der Waals surface area contributed by atoms with Crippen LogP contribution in [-0.4, -0.2) is 62.0 Å². The summed E-state index contributed by atoms with van der Waals surface area (Å²) >= 11 is 0. The van der Waals surface area contributed by atoms with Crippen molar-refractivity contribution in [2.75, 3.05) is 46.3 Å². The fourth-order valence-electron chi connectivity index (χ4n) is 2.97. The van der Waals surface area contributed by atoms with Crippen molar-refractivity contribution in [3.8, 4) is 0 Å². The summed E-state index contributed by atoms with van der Waals surface area (Å²) in [5.41, 5.74) is 0. The van der Waals surface area contributed by atoms with Crippen LogP contribution in [0.1, 0.15) is 46.0 Å². The molecule has 5 heteroatoms. The highest BCUT2D eigenvalue weighted by Gasteiger charge is 2.22. The Bertz CT molecular complexity index is 262. The maximum absolute atomic E-state index is 12.3. The Labute approximate surface area is 137 Å². The molecule has 1 heterocycles. The standard InChI is InChI=1S/C16H33N3O.ClH/c1-4-10-19(11-5-2)16(20)14-18-12-7-15(8-13-18)6-9-17-3;/h15,17H,4-14H2,1-3H3;1H. The van der Waals surface area contributed by atoms with E-state index in [-0.39, 0.29) is 12.4 Å². The smallest absolute Gasteiger partial charge is 0.236 e. The van der Waals surface area contributed by atoms with Gasteiger partial charge in [-0.25, -0.2) is 0 Å². The van der Waals surface area contributed by atoms with Crippen LogP contribution in [0.4, 0.5) is 0 Å². The number of hydrogen-bond donors (Lipinski definition) is 1.